The summed E-state index contributed by atoms with van der Waals surface area (Å²) in [6.45, 7) is 2.45. The molecule has 1 aromatic heterocycles. The summed E-state index contributed by atoms with van der Waals surface area (Å²) >= 11 is 5.78. The van der Waals surface area contributed by atoms with E-state index in [9.17, 15) is 4.39 Å². The van der Waals surface area contributed by atoms with Crippen LogP contribution in [0, 0.1) is 5.82 Å². The van der Waals surface area contributed by atoms with Gasteiger partial charge in [0.1, 0.15) is 11.6 Å². The zero-order valence-electron chi connectivity index (χ0n) is 10.8. The molecule has 1 heterocycles. The van der Waals surface area contributed by atoms with Crippen molar-refractivity contribution in [2.75, 3.05) is 0 Å². The van der Waals surface area contributed by atoms with Gasteiger partial charge in [0, 0.05) is 30.4 Å². The molecule has 5 heteroatoms. The number of rotatable bonds is 5. The molecule has 0 aliphatic heterocycles. The van der Waals surface area contributed by atoms with E-state index in [-0.39, 0.29) is 16.9 Å². The molecule has 19 heavy (non-hydrogen) atoms. The van der Waals surface area contributed by atoms with Crippen molar-refractivity contribution in [2.45, 2.75) is 32.4 Å². The molecule has 1 aromatic carbocycles. The largest absolute Gasteiger partial charge is 0.330 e. The summed E-state index contributed by atoms with van der Waals surface area (Å²) in [6.07, 6.45) is 5.11. The highest BCUT2D eigenvalue weighted by Gasteiger charge is 2.11. The molecular weight excluding hydrogens is 265 g/mol. The van der Waals surface area contributed by atoms with Gasteiger partial charge in [-0.25, -0.2) is 9.37 Å². The zero-order chi connectivity index (χ0) is 13.8. The molecule has 0 aliphatic carbocycles. The molecule has 0 fully saturated rings. The third kappa shape index (κ3) is 3.33. The zero-order valence-corrected chi connectivity index (χ0v) is 11.6. The van der Waals surface area contributed by atoms with Gasteiger partial charge in [0.05, 0.1) is 11.6 Å². The van der Waals surface area contributed by atoms with Crippen LogP contribution in [0.25, 0.3) is 0 Å². The fourth-order valence-electron chi connectivity index (χ4n) is 1.91. The molecule has 2 N–H and O–H groups in total. The van der Waals surface area contributed by atoms with Crippen LogP contribution in [-0.2, 0) is 13.0 Å². The van der Waals surface area contributed by atoms with Gasteiger partial charge in [-0.05, 0) is 12.5 Å². The first-order valence-corrected chi connectivity index (χ1v) is 6.68. The van der Waals surface area contributed by atoms with Crippen molar-refractivity contribution in [1.29, 1.82) is 0 Å². The van der Waals surface area contributed by atoms with Gasteiger partial charge in [0.2, 0.25) is 0 Å². The molecule has 2 rings (SSSR count). The van der Waals surface area contributed by atoms with E-state index in [2.05, 4.69) is 4.98 Å². The van der Waals surface area contributed by atoms with Crippen LogP contribution in [0.5, 0.6) is 0 Å². The molecule has 2 aromatic rings. The van der Waals surface area contributed by atoms with Gasteiger partial charge in [-0.3, -0.25) is 0 Å². The number of benzene rings is 1. The van der Waals surface area contributed by atoms with E-state index in [1.54, 1.807) is 24.4 Å². The average molecular weight is 282 g/mol. The Morgan fingerprint density at radius 3 is 3.00 bits per heavy atom. The Morgan fingerprint density at radius 2 is 2.26 bits per heavy atom. The molecule has 0 saturated heterocycles. The topological polar surface area (TPSA) is 43.8 Å². The molecule has 0 radical (unpaired) electrons. The van der Waals surface area contributed by atoms with Crippen LogP contribution >= 0.6 is 11.6 Å². The van der Waals surface area contributed by atoms with Crippen LogP contribution in [0.4, 0.5) is 4.39 Å². The number of aromatic nitrogens is 2. The lowest BCUT2D eigenvalue weighted by molar-refractivity contribution is 0.575. The Hall–Kier alpha value is -1.39. The minimum atomic E-state index is -0.372. The number of nitrogens with two attached hydrogens (primary N) is 1. The molecule has 0 saturated carbocycles. The Balaban J connectivity index is 2.20. The first-order valence-electron chi connectivity index (χ1n) is 6.30. The van der Waals surface area contributed by atoms with Crippen molar-refractivity contribution >= 4 is 11.6 Å². The average Bonchev–Trinajstić information content (AvgIpc) is 2.82. The molecule has 102 valence electrons. The maximum atomic E-state index is 13.9. The van der Waals surface area contributed by atoms with Gasteiger partial charge in [0.15, 0.2) is 0 Å². The monoisotopic (exact) mass is 281 g/mol. The lowest BCUT2D eigenvalue weighted by Gasteiger charge is -2.12. The van der Waals surface area contributed by atoms with Crippen molar-refractivity contribution in [3.63, 3.8) is 0 Å². The first-order chi connectivity index (χ1) is 9.11. The highest BCUT2D eigenvalue weighted by molar-refractivity contribution is 6.30. The van der Waals surface area contributed by atoms with Crippen LogP contribution in [0.15, 0.2) is 30.6 Å². The van der Waals surface area contributed by atoms with Gasteiger partial charge >= 0.3 is 0 Å². The summed E-state index contributed by atoms with van der Waals surface area (Å²) in [7, 11) is 0. The molecule has 3 nitrogen and oxygen atoms in total. The Morgan fingerprint density at radius 1 is 1.47 bits per heavy atom. The van der Waals surface area contributed by atoms with Crippen molar-refractivity contribution < 1.29 is 4.39 Å². The molecule has 1 unspecified atom stereocenters. The number of nitrogens with zero attached hydrogens (tertiary/aromatic N) is 2. The van der Waals surface area contributed by atoms with E-state index < -0.39 is 0 Å². The van der Waals surface area contributed by atoms with E-state index in [4.69, 9.17) is 17.3 Å². The fourth-order valence-corrected chi connectivity index (χ4v) is 2.10. The highest BCUT2D eigenvalue weighted by Crippen LogP contribution is 2.19. The second kappa shape index (κ2) is 6.17. The van der Waals surface area contributed by atoms with E-state index >= 15 is 0 Å². The van der Waals surface area contributed by atoms with Crippen molar-refractivity contribution in [3.8, 4) is 0 Å². The minimum absolute atomic E-state index is 0.0744. The number of hydrogen-bond acceptors (Lipinski definition) is 2. The maximum absolute atomic E-state index is 13.9. The van der Waals surface area contributed by atoms with Crippen LogP contribution in [0.2, 0.25) is 5.02 Å². The molecule has 0 bridgehead atoms. The highest BCUT2D eigenvalue weighted by atomic mass is 35.5. The fraction of sp³-hybridized carbons (Fsp3) is 0.357. The molecule has 0 spiro atoms. The lowest BCUT2D eigenvalue weighted by Crippen LogP contribution is -2.23. The third-order valence-electron chi connectivity index (χ3n) is 3.14. The summed E-state index contributed by atoms with van der Waals surface area (Å²) in [6, 6.07) is 5.09. The third-order valence-corrected chi connectivity index (χ3v) is 3.44. The smallest absolute Gasteiger partial charge is 0.146 e. The van der Waals surface area contributed by atoms with Crippen LogP contribution in [0.1, 0.15) is 24.7 Å². The Labute approximate surface area is 117 Å². The van der Waals surface area contributed by atoms with Crippen LogP contribution < -0.4 is 5.73 Å². The Bertz CT molecular complexity index is 553. The summed E-state index contributed by atoms with van der Waals surface area (Å²) < 4.78 is 15.8. The normalized spacial score (nSPS) is 12.6. The van der Waals surface area contributed by atoms with Crippen molar-refractivity contribution in [1.82, 2.24) is 9.55 Å². The number of halogens is 2. The predicted molar refractivity (Wildman–Crippen MR) is 74.7 cm³/mol. The van der Waals surface area contributed by atoms with Gasteiger partial charge in [0.25, 0.3) is 0 Å². The van der Waals surface area contributed by atoms with Gasteiger partial charge in [-0.15, -0.1) is 0 Å². The van der Waals surface area contributed by atoms with Crippen molar-refractivity contribution in [2.24, 2.45) is 5.73 Å². The summed E-state index contributed by atoms with van der Waals surface area (Å²) in [5.41, 5.74) is 6.48. The Kier molecular flexibility index (Phi) is 4.56. The lowest BCUT2D eigenvalue weighted by atomic mass is 10.1. The van der Waals surface area contributed by atoms with E-state index in [1.165, 1.54) is 0 Å². The van der Waals surface area contributed by atoms with Gasteiger partial charge in [-0.1, -0.05) is 30.7 Å². The molecular formula is C14H17ClFN3. The SMILES string of the molecule is CCC(N)Cc1nccn1Cc1cccc(Cl)c1F. The second-order valence-corrected chi connectivity index (χ2v) is 4.96. The quantitative estimate of drug-likeness (QED) is 0.915. The number of imidazole rings is 1. The van der Waals surface area contributed by atoms with E-state index in [0.717, 1.165) is 12.2 Å². The predicted octanol–water partition coefficient (Wildman–Crippen LogP) is 3.00. The molecule has 1 atom stereocenters. The van der Waals surface area contributed by atoms with Gasteiger partial charge < -0.3 is 10.3 Å². The molecule has 0 aliphatic rings. The van der Waals surface area contributed by atoms with Crippen LogP contribution in [-0.4, -0.2) is 15.6 Å². The number of hydrogen-bond donors (Lipinski definition) is 1. The maximum Gasteiger partial charge on any atom is 0.146 e. The minimum Gasteiger partial charge on any atom is -0.330 e. The van der Waals surface area contributed by atoms with Crippen LogP contribution in [0.3, 0.4) is 0 Å². The molecule has 0 amide bonds. The summed E-state index contributed by atoms with van der Waals surface area (Å²) in [4.78, 5) is 4.28. The summed E-state index contributed by atoms with van der Waals surface area (Å²) in [5, 5.41) is 0.143. The van der Waals surface area contributed by atoms with E-state index in [1.807, 2.05) is 17.7 Å². The van der Waals surface area contributed by atoms with Crippen molar-refractivity contribution in [3.05, 3.63) is 52.8 Å². The standard InChI is InChI=1S/C14H17ClFN3/c1-2-11(17)8-13-18-6-7-19(13)9-10-4-3-5-12(15)14(10)16/h3-7,11H,2,8-9,17H2,1H3. The second-order valence-electron chi connectivity index (χ2n) is 4.56. The first kappa shape index (κ1) is 14.0. The summed E-state index contributed by atoms with van der Waals surface area (Å²) in [5.74, 6) is 0.498. The van der Waals surface area contributed by atoms with Gasteiger partial charge in [-0.2, -0.15) is 0 Å². The van der Waals surface area contributed by atoms with E-state index in [0.29, 0.717) is 18.5 Å².